The molecular formula is C8H6ClNO2S2. The molecule has 0 aromatic heterocycles. The van der Waals surface area contributed by atoms with E-state index in [2.05, 4.69) is 12.6 Å². The Balaban J connectivity index is 3.57. The molecule has 1 aromatic rings. The second-order valence-electron chi connectivity index (χ2n) is 2.63. The molecule has 0 radical (unpaired) electrons. The van der Waals surface area contributed by atoms with Crippen LogP contribution in [0.25, 0.3) is 0 Å². The first kappa shape index (κ1) is 11.4. The molecule has 0 fully saturated rings. The van der Waals surface area contributed by atoms with E-state index >= 15 is 0 Å². The van der Waals surface area contributed by atoms with Gasteiger partial charge in [0.25, 0.3) is 9.05 Å². The third kappa shape index (κ3) is 2.03. The van der Waals surface area contributed by atoms with Crippen LogP contribution in [0.3, 0.4) is 0 Å². The van der Waals surface area contributed by atoms with Crippen molar-refractivity contribution in [2.75, 3.05) is 0 Å². The maximum atomic E-state index is 11.0. The lowest BCUT2D eigenvalue weighted by atomic mass is 10.1. The fraction of sp³-hybridized carbons (Fsp3) is 0.125. The second kappa shape index (κ2) is 3.81. The molecule has 1 rings (SSSR count). The van der Waals surface area contributed by atoms with Gasteiger partial charge in [0.05, 0.1) is 16.5 Å². The Morgan fingerprint density at radius 2 is 2.07 bits per heavy atom. The van der Waals surface area contributed by atoms with Gasteiger partial charge in [0.2, 0.25) is 0 Å². The minimum absolute atomic E-state index is 0.0704. The van der Waals surface area contributed by atoms with E-state index in [1.807, 2.05) is 6.07 Å². The number of halogens is 1. The summed E-state index contributed by atoms with van der Waals surface area (Å²) in [5, 5.41) is 8.67. The summed E-state index contributed by atoms with van der Waals surface area (Å²) in [6, 6.07) is 4.61. The fourth-order valence-electron chi connectivity index (χ4n) is 0.993. The van der Waals surface area contributed by atoms with Crippen molar-refractivity contribution < 1.29 is 8.42 Å². The number of nitrogens with zero attached hydrogens (tertiary/aromatic N) is 1. The Labute approximate surface area is 92.1 Å². The number of benzene rings is 1. The van der Waals surface area contributed by atoms with Crippen molar-refractivity contribution in [3.8, 4) is 6.07 Å². The third-order valence-corrected chi connectivity index (χ3v) is 3.87. The van der Waals surface area contributed by atoms with E-state index in [4.69, 9.17) is 15.9 Å². The van der Waals surface area contributed by atoms with Gasteiger partial charge < -0.3 is 0 Å². The zero-order valence-corrected chi connectivity index (χ0v) is 9.62. The summed E-state index contributed by atoms with van der Waals surface area (Å²) >= 11 is 4.01. The highest BCUT2D eigenvalue weighted by atomic mass is 35.7. The quantitative estimate of drug-likeness (QED) is 0.611. The third-order valence-electron chi connectivity index (χ3n) is 1.78. The van der Waals surface area contributed by atoms with Crippen LogP contribution in [0, 0.1) is 18.3 Å². The van der Waals surface area contributed by atoms with Crippen molar-refractivity contribution >= 4 is 32.4 Å². The zero-order chi connectivity index (χ0) is 10.9. The predicted octanol–water partition coefficient (Wildman–Crippen LogP) is 2.08. The van der Waals surface area contributed by atoms with Crippen molar-refractivity contribution in [2.24, 2.45) is 0 Å². The molecule has 74 valence electrons. The summed E-state index contributed by atoms with van der Waals surface area (Å²) in [5.74, 6) is 0. The summed E-state index contributed by atoms with van der Waals surface area (Å²) in [4.78, 5) is 0.151. The Hall–Kier alpha value is -0.700. The molecule has 0 unspecified atom stereocenters. The Morgan fingerprint density at radius 3 is 2.50 bits per heavy atom. The first-order valence-corrected chi connectivity index (χ1v) is 6.31. The molecule has 1 aromatic carbocycles. The molecule has 0 saturated heterocycles. The minimum atomic E-state index is -3.79. The van der Waals surface area contributed by atoms with E-state index in [1.165, 1.54) is 12.1 Å². The van der Waals surface area contributed by atoms with Gasteiger partial charge in [-0.1, -0.05) is 0 Å². The maximum absolute atomic E-state index is 11.0. The van der Waals surface area contributed by atoms with Crippen molar-refractivity contribution in [3.05, 3.63) is 23.3 Å². The molecule has 0 aliphatic rings. The Bertz CT molecular complexity index is 517. The van der Waals surface area contributed by atoms with E-state index in [0.29, 0.717) is 11.1 Å². The van der Waals surface area contributed by atoms with Crippen LogP contribution >= 0.6 is 23.3 Å². The highest BCUT2D eigenvalue weighted by molar-refractivity contribution is 8.14. The highest BCUT2D eigenvalue weighted by Crippen LogP contribution is 2.27. The van der Waals surface area contributed by atoms with E-state index in [9.17, 15) is 8.42 Å². The summed E-state index contributed by atoms with van der Waals surface area (Å²) in [7, 11) is 1.38. The van der Waals surface area contributed by atoms with Gasteiger partial charge in [-0.2, -0.15) is 5.26 Å². The maximum Gasteiger partial charge on any atom is 0.262 e. The Morgan fingerprint density at radius 1 is 1.50 bits per heavy atom. The molecular weight excluding hydrogens is 242 g/mol. The van der Waals surface area contributed by atoms with Gasteiger partial charge in [0.1, 0.15) is 0 Å². The lowest BCUT2D eigenvalue weighted by molar-refractivity contribution is 0.607. The lowest BCUT2D eigenvalue weighted by Gasteiger charge is -2.05. The van der Waals surface area contributed by atoms with Gasteiger partial charge in [-0.3, -0.25) is 0 Å². The van der Waals surface area contributed by atoms with Gasteiger partial charge in [-0.15, -0.1) is 12.6 Å². The first-order valence-electron chi connectivity index (χ1n) is 3.55. The fourth-order valence-corrected chi connectivity index (χ4v) is 2.71. The van der Waals surface area contributed by atoms with Crippen molar-refractivity contribution in [1.82, 2.24) is 0 Å². The number of hydrogen-bond acceptors (Lipinski definition) is 4. The van der Waals surface area contributed by atoms with Crippen molar-refractivity contribution in [1.29, 1.82) is 5.26 Å². The molecule has 0 saturated carbocycles. The zero-order valence-electron chi connectivity index (χ0n) is 7.15. The molecule has 0 atom stereocenters. The summed E-state index contributed by atoms with van der Waals surface area (Å²) in [6.07, 6.45) is 0. The molecule has 0 amide bonds. The summed E-state index contributed by atoms with van der Waals surface area (Å²) in [5.41, 5.74) is 0.900. The van der Waals surface area contributed by atoms with Gasteiger partial charge in [-0.05, 0) is 24.6 Å². The van der Waals surface area contributed by atoms with Crippen LogP contribution in [0.4, 0.5) is 0 Å². The van der Waals surface area contributed by atoms with Crippen LogP contribution in [-0.2, 0) is 9.05 Å². The summed E-state index contributed by atoms with van der Waals surface area (Å²) < 4.78 is 22.1. The van der Waals surface area contributed by atoms with Crippen LogP contribution in [0.15, 0.2) is 21.9 Å². The molecule has 0 N–H and O–H groups in total. The smallest absolute Gasteiger partial charge is 0.207 e. The highest BCUT2D eigenvalue weighted by Gasteiger charge is 2.16. The van der Waals surface area contributed by atoms with Gasteiger partial charge in [0, 0.05) is 15.6 Å². The van der Waals surface area contributed by atoms with Crippen LogP contribution in [0.5, 0.6) is 0 Å². The number of hydrogen-bond donors (Lipinski definition) is 1. The van der Waals surface area contributed by atoms with E-state index in [-0.39, 0.29) is 9.79 Å². The molecule has 14 heavy (non-hydrogen) atoms. The Kier molecular flexibility index (Phi) is 3.10. The van der Waals surface area contributed by atoms with Crippen molar-refractivity contribution in [3.63, 3.8) is 0 Å². The average molecular weight is 248 g/mol. The lowest BCUT2D eigenvalue weighted by Crippen LogP contribution is -1.96. The molecule has 3 nitrogen and oxygen atoms in total. The van der Waals surface area contributed by atoms with Crippen LogP contribution < -0.4 is 0 Å². The monoisotopic (exact) mass is 247 g/mol. The number of thiol groups is 1. The van der Waals surface area contributed by atoms with Crippen LogP contribution in [0.2, 0.25) is 0 Å². The van der Waals surface area contributed by atoms with E-state index in [1.54, 1.807) is 6.92 Å². The topological polar surface area (TPSA) is 57.9 Å². The summed E-state index contributed by atoms with van der Waals surface area (Å²) in [6.45, 7) is 1.62. The minimum Gasteiger partial charge on any atom is -0.207 e. The standard InChI is InChI=1S/C8H6ClNO2S2/c1-5-6(4-10)2-3-7(8(5)13)14(9,11)12/h2-3,13H,1H3. The SMILES string of the molecule is Cc1c(C#N)ccc(S(=O)(=O)Cl)c1S. The predicted molar refractivity (Wildman–Crippen MR) is 56.2 cm³/mol. The average Bonchev–Trinajstić information content (AvgIpc) is 2.07. The van der Waals surface area contributed by atoms with Gasteiger partial charge in [-0.25, -0.2) is 8.42 Å². The van der Waals surface area contributed by atoms with Crippen LogP contribution in [0.1, 0.15) is 11.1 Å². The van der Waals surface area contributed by atoms with E-state index < -0.39 is 9.05 Å². The molecule has 0 heterocycles. The number of nitriles is 1. The first-order chi connectivity index (χ1) is 6.38. The van der Waals surface area contributed by atoms with Crippen LogP contribution in [-0.4, -0.2) is 8.42 Å². The number of rotatable bonds is 1. The van der Waals surface area contributed by atoms with Gasteiger partial charge in [0.15, 0.2) is 0 Å². The van der Waals surface area contributed by atoms with Crippen molar-refractivity contribution in [2.45, 2.75) is 16.7 Å². The molecule has 6 heteroatoms. The normalized spacial score (nSPS) is 11.0. The van der Waals surface area contributed by atoms with E-state index in [0.717, 1.165) is 0 Å². The molecule has 0 aliphatic heterocycles. The largest absolute Gasteiger partial charge is 0.262 e. The second-order valence-corrected chi connectivity index (χ2v) is 5.62. The molecule has 0 aliphatic carbocycles. The molecule has 0 bridgehead atoms. The molecule has 0 spiro atoms. The van der Waals surface area contributed by atoms with Gasteiger partial charge >= 0.3 is 0 Å².